The number of carbonyl (C=O) groups is 2. The number of esters is 1. The van der Waals surface area contributed by atoms with E-state index in [1.165, 1.54) is 6.07 Å². The Balaban J connectivity index is 1.63. The van der Waals surface area contributed by atoms with E-state index in [4.69, 9.17) is 4.74 Å². The Bertz CT molecular complexity index is 744. The Morgan fingerprint density at radius 2 is 1.76 bits per heavy atom. The largest absolute Gasteiger partial charge is 0.447 e. The van der Waals surface area contributed by atoms with Crippen LogP contribution < -0.4 is 5.32 Å². The molecule has 1 saturated carbocycles. The van der Waals surface area contributed by atoms with Crippen molar-refractivity contribution in [1.29, 1.82) is 0 Å². The SMILES string of the molecule is O=C(CCc1ccccc1F)O[C@H](C(=O)NC1CC1)c1ccccc1. The highest BCUT2D eigenvalue weighted by molar-refractivity contribution is 5.85. The van der Waals surface area contributed by atoms with Crippen molar-refractivity contribution in [1.82, 2.24) is 5.32 Å². The van der Waals surface area contributed by atoms with E-state index in [1.54, 1.807) is 42.5 Å². The van der Waals surface area contributed by atoms with Crippen molar-refractivity contribution in [3.63, 3.8) is 0 Å². The van der Waals surface area contributed by atoms with E-state index in [-0.39, 0.29) is 30.6 Å². The number of ether oxygens (including phenoxy) is 1. The van der Waals surface area contributed by atoms with Crippen LogP contribution in [-0.4, -0.2) is 17.9 Å². The smallest absolute Gasteiger partial charge is 0.307 e. The minimum absolute atomic E-state index is 0.0149. The third kappa shape index (κ3) is 4.89. The first kappa shape index (κ1) is 17.1. The number of rotatable bonds is 7. The van der Waals surface area contributed by atoms with Crippen LogP contribution in [0.2, 0.25) is 0 Å². The first-order chi connectivity index (χ1) is 12.1. The Morgan fingerprint density at radius 3 is 2.44 bits per heavy atom. The number of hydrogen-bond donors (Lipinski definition) is 1. The van der Waals surface area contributed by atoms with Crippen molar-refractivity contribution in [3.8, 4) is 0 Å². The van der Waals surface area contributed by atoms with Crippen molar-refractivity contribution in [2.24, 2.45) is 0 Å². The van der Waals surface area contributed by atoms with Crippen LogP contribution in [0.1, 0.15) is 36.5 Å². The van der Waals surface area contributed by atoms with Crippen LogP contribution in [0.25, 0.3) is 0 Å². The normalized spacial score (nSPS) is 14.6. The summed E-state index contributed by atoms with van der Waals surface area (Å²) in [6, 6.07) is 15.4. The molecule has 1 aliphatic carbocycles. The molecule has 0 bridgehead atoms. The maximum absolute atomic E-state index is 13.6. The molecule has 3 rings (SSSR count). The quantitative estimate of drug-likeness (QED) is 0.786. The minimum Gasteiger partial charge on any atom is -0.447 e. The number of nitrogens with one attached hydrogen (secondary N) is 1. The van der Waals surface area contributed by atoms with E-state index in [1.807, 2.05) is 6.07 Å². The van der Waals surface area contributed by atoms with Crippen molar-refractivity contribution in [2.75, 3.05) is 0 Å². The summed E-state index contributed by atoms with van der Waals surface area (Å²) in [6.45, 7) is 0. The molecule has 5 heteroatoms. The Hall–Kier alpha value is -2.69. The molecular formula is C20H20FNO3. The van der Waals surface area contributed by atoms with Crippen LogP contribution >= 0.6 is 0 Å². The molecule has 130 valence electrons. The highest BCUT2D eigenvalue weighted by Gasteiger charge is 2.30. The standard InChI is InChI=1S/C20H20FNO3/c21-17-9-5-4-6-14(17)10-13-18(23)25-19(15-7-2-1-3-8-15)20(24)22-16-11-12-16/h1-9,16,19H,10-13H2,(H,22,24)/t19-/m0/s1. The lowest BCUT2D eigenvalue weighted by Crippen LogP contribution is -2.33. The van der Waals surface area contributed by atoms with Gasteiger partial charge in [-0.1, -0.05) is 48.5 Å². The molecule has 1 atom stereocenters. The summed E-state index contributed by atoms with van der Waals surface area (Å²) >= 11 is 0. The number of aryl methyl sites for hydroxylation is 1. The monoisotopic (exact) mass is 341 g/mol. The fourth-order valence-electron chi connectivity index (χ4n) is 2.53. The summed E-state index contributed by atoms with van der Waals surface area (Å²) in [7, 11) is 0. The van der Waals surface area contributed by atoms with Gasteiger partial charge in [0, 0.05) is 18.0 Å². The molecule has 0 aromatic heterocycles. The van der Waals surface area contributed by atoms with Crippen LogP contribution in [-0.2, 0) is 20.7 Å². The lowest BCUT2D eigenvalue weighted by molar-refractivity contribution is -0.156. The second kappa shape index (κ2) is 7.92. The van der Waals surface area contributed by atoms with E-state index < -0.39 is 12.1 Å². The van der Waals surface area contributed by atoms with Gasteiger partial charge in [0.1, 0.15) is 5.82 Å². The molecule has 0 heterocycles. The first-order valence-corrected chi connectivity index (χ1v) is 8.41. The highest BCUT2D eigenvalue weighted by Crippen LogP contribution is 2.23. The van der Waals surface area contributed by atoms with Gasteiger partial charge in [0.05, 0.1) is 0 Å². The fraction of sp³-hybridized carbons (Fsp3) is 0.300. The Labute approximate surface area is 146 Å². The van der Waals surface area contributed by atoms with Crippen LogP contribution in [0.5, 0.6) is 0 Å². The zero-order valence-electron chi connectivity index (χ0n) is 13.8. The number of halogens is 1. The van der Waals surface area contributed by atoms with Gasteiger partial charge in [-0.3, -0.25) is 9.59 Å². The van der Waals surface area contributed by atoms with Crippen molar-refractivity contribution >= 4 is 11.9 Å². The number of carbonyl (C=O) groups excluding carboxylic acids is 2. The predicted octanol–water partition coefficient (Wildman–Crippen LogP) is 3.32. The molecule has 0 spiro atoms. The molecule has 0 aliphatic heterocycles. The topological polar surface area (TPSA) is 55.4 Å². The molecule has 0 radical (unpaired) electrons. The maximum Gasteiger partial charge on any atom is 0.307 e. The summed E-state index contributed by atoms with van der Waals surface area (Å²) in [5.74, 6) is -1.18. The summed E-state index contributed by atoms with van der Waals surface area (Å²) < 4.78 is 19.0. The number of amides is 1. The van der Waals surface area contributed by atoms with Gasteiger partial charge in [-0.15, -0.1) is 0 Å². The van der Waals surface area contributed by atoms with Crippen LogP contribution in [0, 0.1) is 5.82 Å². The second-order valence-corrected chi connectivity index (χ2v) is 6.15. The van der Waals surface area contributed by atoms with E-state index in [9.17, 15) is 14.0 Å². The van der Waals surface area contributed by atoms with Crippen LogP contribution in [0.15, 0.2) is 54.6 Å². The molecule has 2 aromatic carbocycles. The van der Waals surface area contributed by atoms with Crippen molar-refractivity contribution in [2.45, 2.75) is 37.8 Å². The third-order valence-electron chi connectivity index (χ3n) is 4.07. The fourth-order valence-corrected chi connectivity index (χ4v) is 2.53. The summed E-state index contributed by atoms with van der Waals surface area (Å²) in [5.41, 5.74) is 1.08. The van der Waals surface area contributed by atoms with E-state index in [0.717, 1.165) is 12.8 Å². The van der Waals surface area contributed by atoms with Gasteiger partial charge < -0.3 is 10.1 Å². The molecule has 1 aliphatic rings. The van der Waals surface area contributed by atoms with Gasteiger partial charge in [0.2, 0.25) is 6.10 Å². The van der Waals surface area contributed by atoms with Crippen LogP contribution in [0.3, 0.4) is 0 Å². The molecule has 2 aromatic rings. The van der Waals surface area contributed by atoms with Crippen molar-refractivity contribution in [3.05, 3.63) is 71.5 Å². The molecule has 4 nitrogen and oxygen atoms in total. The van der Waals surface area contributed by atoms with Gasteiger partial charge in [-0.05, 0) is 30.9 Å². The number of benzene rings is 2. The summed E-state index contributed by atoms with van der Waals surface area (Å²) in [5, 5.41) is 2.86. The van der Waals surface area contributed by atoms with Gasteiger partial charge in [0.15, 0.2) is 0 Å². The lowest BCUT2D eigenvalue weighted by Gasteiger charge is -2.18. The molecule has 0 unspecified atom stereocenters. The predicted molar refractivity (Wildman–Crippen MR) is 91.2 cm³/mol. The van der Waals surface area contributed by atoms with Gasteiger partial charge >= 0.3 is 5.97 Å². The third-order valence-corrected chi connectivity index (χ3v) is 4.07. The van der Waals surface area contributed by atoms with E-state index >= 15 is 0 Å². The molecule has 25 heavy (non-hydrogen) atoms. The second-order valence-electron chi connectivity index (χ2n) is 6.15. The summed E-state index contributed by atoms with van der Waals surface area (Å²) in [4.78, 5) is 24.6. The zero-order valence-corrected chi connectivity index (χ0v) is 13.8. The lowest BCUT2D eigenvalue weighted by atomic mass is 10.1. The van der Waals surface area contributed by atoms with Crippen molar-refractivity contribution < 1.29 is 18.7 Å². The van der Waals surface area contributed by atoms with Crippen LogP contribution in [0.4, 0.5) is 4.39 Å². The molecule has 1 amide bonds. The average Bonchev–Trinajstić information content (AvgIpc) is 3.43. The minimum atomic E-state index is -0.977. The Morgan fingerprint density at radius 1 is 1.08 bits per heavy atom. The van der Waals surface area contributed by atoms with Gasteiger partial charge in [-0.2, -0.15) is 0 Å². The average molecular weight is 341 g/mol. The molecule has 1 fully saturated rings. The first-order valence-electron chi connectivity index (χ1n) is 8.41. The number of hydrogen-bond acceptors (Lipinski definition) is 3. The van der Waals surface area contributed by atoms with E-state index in [2.05, 4.69) is 5.32 Å². The Kier molecular flexibility index (Phi) is 5.43. The van der Waals surface area contributed by atoms with Gasteiger partial charge in [-0.25, -0.2) is 4.39 Å². The highest BCUT2D eigenvalue weighted by atomic mass is 19.1. The molecule has 1 N–H and O–H groups in total. The molecule has 0 saturated heterocycles. The van der Waals surface area contributed by atoms with Gasteiger partial charge in [0.25, 0.3) is 5.91 Å². The maximum atomic E-state index is 13.6. The van der Waals surface area contributed by atoms with E-state index in [0.29, 0.717) is 11.1 Å². The zero-order chi connectivity index (χ0) is 17.6. The summed E-state index contributed by atoms with van der Waals surface area (Å²) in [6.07, 6.45) is 1.18. The molecular weight excluding hydrogens is 321 g/mol.